The molecule has 28 heavy (non-hydrogen) atoms. The van der Waals surface area contributed by atoms with Gasteiger partial charge in [-0.2, -0.15) is 0 Å². The van der Waals surface area contributed by atoms with Crippen molar-refractivity contribution in [2.75, 3.05) is 6.54 Å². The van der Waals surface area contributed by atoms with E-state index in [9.17, 15) is 14.0 Å². The summed E-state index contributed by atoms with van der Waals surface area (Å²) in [7, 11) is 0. The van der Waals surface area contributed by atoms with Gasteiger partial charge in [0, 0.05) is 16.7 Å². The molecule has 7 heteroatoms. The maximum atomic E-state index is 13.0. The molecule has 0 bridgehead atoms. The minimum Gasteiger partial charge on any atom is -0.458 e. The second kappa shape index (κ2) is 8.47. The molecule has 0 saturated heterocycles. The molecule has 0 saturated carbocycles. The van der Waals surface area contributed by atoms with Crippen LogP contribution in [0.4, 0.5) is 4.39 Å². The Morgan fingerprint density at radius 3 is 2.61 bits per heavy atom. The molecule has 0 atom stereocenters. The van der Waals surface area contributed by atoms with Crippen molar-refractivity contribution in [3.05, 3.63) is 76.7 Å². The molecule has 2 aromatic carbocycles. The molecule has 144 valence electrons. The normalized spacial score (nSPS) is 10.5. The van der Waals surface area contributed by atoms with Gasteiger partial charge >= 0.3 is 5.97 Å². The topological polar surface area (TPSA) is 81.4 Å². The third-order valence-electron chi connectivity index (χ3n) is 4.17. The van der Waals surface area contributed by atoms with Crippen LogP contribution in [0.1, 0.15) is 27.2 Å². The van der Waals surface area contributed by atoms with Gasteiger partial charge in [-0.25, -0.2) is 4.39 Å². The predicted octanol–water partition coefficient (Wildman–Crippen LogP) is 3.57. The smallest absolute Gasteiger partial charge is 0.325 e. The third-order valence-corrected chi connectivity index (χ3v) is 4.17. The summed E-state index contributed by atoms with van der Waals surface area (Å²) in [6, 6.07) is 12.9. The number of benzene rings is 2. The highest BCUT2D eigenvalue weighted by Gasteiger charge is 2.16. The number of aromatic nitrogens is 1. The van der Waals surface area contributed by atoms with E-state index in [2.05, 4.69) is 10.5 Å². The van der Waals surface area contributed by atoms with Crippen molar-refractivity contribution < 1.29 is 23.2 Å². The molecule has 0 unspecified atom stereocenters. The number of nitrogens with zero attached hydrogens (tertiary/aromatic N) is 1. The molecule has 0 aliphatic heterocycles. The second-order valence-electron chi connectivity index (χ2n) is 6.30. The number of halogens is 1. The van der Waals surface area contributed by atoms with E-state index in [1.165, 1.54) is 12.1 Å². The molecule has 0 aliphatic carbocycles. The number of rotatable bonds is 6. The number of ether oxygens (including phenoxy) is 1. The predicted molar refractivity (Wildman–Crippen MR) is 99.9 cm³/mol. The first-order chi connectivity index (χ1) is 13.4. The molecular weight excluding hydrogens is 363 g/mol. The fraction of sp³-hybridized carbons (Fsp3) is 0.190. The summed E-state index contributed by atoms with van der Waals surface area (Å²) in [4.78, 5) is 23.9. The van der Waals surface area contributed by atoms with Crippen molar-refractivity contribution >= 4 is 11.9 Å². The van der Waals surface area contributed by atoms with Gasteiger partial charge < -0.3 is 14.6 Å². The largest absolute Gasteiger partial charge is 0.458 e. The van der Waals surface area contributed by atoms with E-state index in [0.717, 1.165) is 5.56 Å². The summed E-state index contributed by atoms with van der Waals surface area (Å²) in [5.41, 5.74) is 3.26. The lowest BCUT2D eigenvalue weighted by Gasteiger charge is -2.06. The standard InChI is InChI=1S/C21H19FN2O4/c1-13-4-3-5-16(10-13)21(26)23-11-19(25)27-12-18-14(2)20(28-24-18)15-6-8-17(22)9-7-15/h3-10H,11-12H2,1-2H3,(H,23,26). The minimum absolute atomic E-state index is 0.0876. The highest BCUT2D eigenvalue weighted by molar-refractivity contribution is 5.96. The first kappa shape index (κ1) is 19.3. The molecule has 1 aromatic heterocycles. The molecule has 6 nitrogen and oxygen atoms in total. The molecule has 3 aromatic rings. The average molecular weight is 382 g/mol. The van der Waals surface area contributed by atoms with Gasteiger partial charge in [0.1, 0.15) is 24.7 Å². The first-order valence-corrected chi connectivity index (χ1v) is 8.65. The Morgan fingerprint density at radius 1 is 1.14 bits per heavy atom. The van der Waals surface area contributed by atoms with Crippen molar-refractivity contribution in [1.29, 1.82) is 0 Å². The highest BCUT2D eigenvalue weighted by atomic mass is 19.1. The van der Waals surface area contributed by atoms with Crippen LogP contribution in [0.25, 0.3) is 11.3 Å². The zero-order valence-electron chi connectivity index (χ0n) is 15.5. The van der Waals surface area contributed by atoms with Crippen LogP contribution in [0.2, 0.25) is 0 Å². The SMILES string of the molecule is Cc1cccc(C(=O)NCC(=O)OCc2noc(-c3ccc(F)cc3)c2C)c1. The fourth-order valence-electron chi connectivity index (χ4n) is 2.61. The van der Waals surface area contributed by atoms with Crippen molar-refractivity contribution in [2.45, 2.75) is 20.5 Å². The number of nitrogens with one attached hydrogen (secondary N) is 1. The molecule has 1 amide bonds. The number of hydrogen-bond acceptors (Lipinski definition) is 5. The maximum absolute atomic E-state index is 13.0. The summed E-state index contributed by atoms with van der Waals surface area (Å²) in [5.74, 6) is -0.801. The van der Waals surface area contributed by atoms with E-state index < -0.39 is 5.97 Å². The summed E-state index contributed by atoms with van der Waals surface area (Å²) in [6.07, 6.45) is 0. The Balaban J connectivity index is 1.53. The summed E-state index contributed by atoms with van der Waals surface area (Å²) < 4.78 is 23.5. The van der Waals surface area contributed by atoms with Crippen molar-refractivity contribution in [1.82, 2.24) is 10.5 Å². The Kier molecular flexibility index (Phi) is 5.84. The Bertz CT molecular complexity index is 996. The Hall–Kier alpha value is -3.48. The van der Waals surface area contributed by atoms with Crippen molar-refractivity contribution in [2.24, 2.45) is 0 Å². The van der Waals surface area contributed by atoms with Crippen LogP contribution in [0.3, 0.4) is 0 Å². The van der Waals surface area contributed by atoms with E-state index in [0.29, 0.717) is 28.1 Å². The Labute approximate surface area is 161 Å². The van der Waals surface area contributed by atoms with Gasteiger partial charge in [-0.1, -0.05) is 22.9 Å². The second-order valence-corrected chi connectivity index (χ2v) is 6.30. The summed E-state index contributed by atoms with van der Waals surface area (Å²) in [5, 5.41) is 6.43. The molecular formula is C21H19FN2O4. The van der Waals surface area contributed by atoms with E-state index in [-0.39, 0.29) is 24.9 Å². The molecule has 1 heterocycles. The van der Waals surface area contributed by atoms with Gasteiger partial charge in [-0.15, -0.1) is 0 Å². The minimum atomic E-state index is -0.591. The molecule has 0 spiro atoms. The van der Waals surface area contributed by atoms with Crippen LogP contribution >= 0.6 is 0 Å². The van der Waals surface area contributed by atoms with E-state index in [4.69, 9.17) is 9.26 Å². The molecule has 1 N–H and O–H groups in total. The van der Waals surface area contributed by atoms with Gasteiger partial charge in [0.05, 0.1) is 0 Å². The lowest BCUT2D eigenvalue weighted by Crippen LogP contribution is -2.30. The number of amides is 1. The van der Waals surface area contributed by atoms with Gasteiger partial charge in [-0.3, -0.25) is 9.59 Å². The lowest BCUT2D eigenvalue weighted by atomic mass is 10.1. The molecule has 0 fully saturated rings. The van der Waals surface area contributed by atoms with Crippen LogP contribution in [-0.2, 0) is 16.1 Å². The average Bonchev–Trinajstić information content (AvgIpc) is 3.05. The van der Waals surface area contributed by atoms with E-state index in [1.54, 1.807) is 37.3 Å². The molecule has 0 aliphatic rings. The van der Waals surface area contributed by atoms with E-state index >= 15 is 0 Å². The number of carbonyl (C=O) groups excluding carboxylic acids is 2. The fourth-order valence-corrected chi connectivity index (χ4v) is 2.61. The number of esters is 1. The van der Waals surface area contributed by atoms with Crippen LogP contribution in [-0.4, -0.2) is 23.6 Å². The zero-order valence-corrected chi connectivity index (χ0v) is 15.5. The Morgan fingerprint density at radius 2 is 1.89 bits per heavy atom. The van der Waals surface area contributed by atoms with Crippen LogP contribution in [0, 0.1) is 19.7 Å². The van der Waals surface area contributed by atoms with Gasteiger partial charge in [0.2, 0.25) is 0 Å². The van der Waals surface area contributed by atoms with Crippen LogP contribution in [0.15, 0.2) is 53.1 Å². The molecule has 0 radical (unpaired) electrons. The lowest BCUT2D eigenvalue weighted by molar-refractivity contribution is -0.143. The summed E-state index contributed by atoms with van der Waals surface area (Å²) >= 11 is 0. The number of carbonyl (C=O) groups is 2. The number of aryl methyl sites for hydroxylation is 1. The van der Waals surface area contributed by atoms with Gasteiger partial charge in [0.25, 0.3) is 5.91 Å². The number of hydrogen-bond donors (Lipinski definition) is 1. The van der Waals surface area contributed by atoms with Crippen LogP contribution < -0.4 is 5.32 Å². The zero-order chi connectivity index (χ0) is 20.1. The monoisotopic (exact) mass is 382 g/mol. The quantitative estimate of drug-likeness (QED) is 0.659. The first-order valence-electron chi connectivity index (χ1n) is 8.65. The van der Waals surface area contributed by atoms with Crippen molar-refractivity contribution in [3.63, 3.8) is 0 Å². The van der Waals surface area contributed by atoms with Gasteiger partial charge in [0.15, 0.2) is 5.76 Å². The molecule has 3 rings (SSSR count). The van der Waals surface area contributed by atoms with Crippen molar-refractivity contribution in [3.8, 4) is 11.3 Å². The van der Waals surface area contributed by atoms with E-state index in [1.807, 2.05) is 13.0 Å². The summed E-state index contributed by atoms with van der Waals surface area (Å²) in [6.45, 7) is 3.31. The maximum Gasteiger partial charge on any atom is 0.325 e. The van der Waals surface area contributed by atoms with Crippen LogP contribution in [0.5, 0.6) is 0 Å². The van der Waals surface area contributed by atoms with Gasteiger partial charge in [-0.05, 0) is 50.2 Å². The highest BCUT2D eigenvalue weighted by Crippen LogP contribution is 2.26. The third kappa shape index (κ3) is 4.62.